The first-order valence-corrected chi connectivity index (χ1v) is 4.63. The molecule has 0 atom stereocenters. The van der Waals surface area contributed by atoms with E-state index in [2.05, 4.69) is 9.05 Å². The SMILES string of the molecule is CCO[P+]([O])([CH-]F)OCC.[Br-].[Zn]. The van der Waals surface area contributed by atoms with Crippen LogP contribution in [0.1, 0.15) is 13.8 Å². The van der Waals surface area contributed by atoms with Crippen LogP contribution in [0.15, 0.2) is 0 Å². The normalized spacial score (nSPS) is 10.0. The molecule has 0 aromatic carbocycles. The first kappa shape index (κ1) is 19.0. The third kappa shape index (κ3) is 7.97. The van der Waals surface area contributed by atoms with Gasteiger partial charge in [0.1, 0.15) is 0 Å². The van der Waals surface area contributed by atoms with Crippen LogP contribution in [-0.2, 0) is 33.4 Å². The molecule has 0 saturated carbocycles. The van der Waals surface area contributed by atoms with Gasteiger partial charge in [-0.1, -0.05) is 0 Å². The van der Waals surface area contributed by atoms with E-state index in [0.717, 1.165) is 0 Å². The Morgan fingerprint density at radius 3 is 1.83 bits per heavy atom. The molecule has 0 saturated heterocycles. The molecule has 3 nitrogen and oxygen atoms in total. The summed E-state index contributed by atoms with van der Waals surface area (Å²) >= 11 is 0. The minimum atomic E-state index is -3.49. The molecule has 0 aromatic rings. The molecular weight excluding hydrogens is 303 g/mol. The number of halogens is 2. The van der Waals surface area contributed by atoms with Crippen molar-refractivity contribution >= 4 is 7.94 Å². The summed E-state index contributed by atoms with van der Waals surface area (Å²) in [5, 5.41) is 0. The average Bonchev–Trinajstić information content (AvgIpc) is 1.89. The fourth-order valence-electron chi connectivity index (χ4n) is 0.454. The molecule has 1 radical (unpaired) electrons. The van der Waals surface area contributed by atoms with Crippen LogP contribution < -0.4 is 17.0 Å². The van der Waals surface area contributed by atoms with Crippen molar-refractivity contribution in [3.63, 3.8) is 0 Å². The second-order valence-corrected chi connectivity index (χ2v) is 3.26. The van der Waals surface area contributed by atoms with Crippen molar-refractivity contribution in [2.75, 3.05) is 13.2 Å². The van der Waals surface area contributed by atoms with Gasteiger partial charge in [0.25, 0.3) is 0 Å². The average molecular weight is 314 g/mol. The van der Waals surface area contributed by atoms with Gasteiger partial charge >= 0.3 is 7.94 Å². The van der Waals surface area contributed by atoms with E-state index in [4.69, 9.17) is 0 Å². The van der Waals surface area contributed by atoms with Gasteiger partial charge < -0.3 is 21.4 Å². The van der Waals surface area contributed by atoms with Gasteiger partial charge in [-0.15, -0.1) is 0 Å². The Hall–Kier alpha value is 1.34. The van der Waals surface area contributed by atoms with E-state index in [-0.39, 0.29) is 56.1 Å². The predicted octanol–water partition coefficient (Wildman–Crippen LogP) is -0.657. The number of rotatable bonds is 5. The molecule has 0 spiro atoms. The van der Waals surface area contributed by atoms with Crippen LogP contribution in [0.3, 0.4) is 0 Å². The zero-order valence-corrected chi connectivity index (χ0v) is 12.6. The minimum Gasteiger partial charge on any atom is -1.00 e. The minimum absolute atomic E-state index is 0. The molecule has 71 valence electrons. The van der Waals surface area contributed by atoms with Crippen molar-refractivity contribution < 1.29 is 54.8 Å². The van der Waals surface area contributed by atoms with E-state index < -0.39 is 7.94 Å². The summed E-state index contributed by atoms with van der Waals surface area (Å²) in [5.74, 6) is 0. The molecule has 0 aliphatic rings. The summed E-state index contributed by atoms with van der Waals surface area (Å²) in [7, 11) is -3.49. The Morgan fingerprint density at radius 2 is 1.67 bits per heavy atom. The molecule has 0 N–H and O–H groups in total. The summed E-state index contributed by atoms with van der Waals surface area (Å²) in [6, 6.07) is 0. The van der Waals surface area contributed by atoms with E-state index in [1.54, 1.807) is 13.8 Å². The van der Waals surface area contributed by atoms with E-state index in [0.29, 0.717) is 0 Å². The zero-order chi connectivity index (χ0) is 8.04. The maximum atomic E-state index is 11.8. The van der Waals surface area contributed by atoms with Gasteiger partial charge in [-0.05, 0) is 18.7 Å². The standard InChI is InChI=1S/C5H11FO3P.BrH.Zn/c1-3-8-10(7,5-6)9-4-2;;/h5H,3-4H2,1-2H3;1H;/p-1. The van der Waals surface area contributed by atoms with Crippen molar-refractivity contribution in [3.8, 4) is 0 Å². The van der Waals surface area contributed by atoms with Crippen molar-refractivity contribution in [1.82, 2.24) is 0 Å². The summed E-state index contributed by atoms with van der Waals surface area (Å²) in [6.07, 6.45) is -0.0278. The van der Waals surface area contributed by atoms with Gasteiger partial charge in [0.05, 0.1) is 19.6 Å². The maximum Gasteiger partial charge on any atom is 0.351 e. The molecule has 0 aliphatic heterocycles. The molecule has 7 heteroatoms. The molecule has 0 unspecified atom stereocenters. The van der Waals surface area contributed by atoms with Gasteiger partial charge in [-0.3, -0.25) is 0 Å². The third-order valence-electron chi connectivity index (χ3n) is 0.738. The van der Waals surface area contributed by atoms with E-state index in [1.807, 2.05) is 0 Å². The smallest absolute Gasteiger partial charge is 0.351 e. The Morgan fingerprint density at radius 1 is 1.33 bits per heavy atom. The number of hydrogen-bond acceptors (Lipinski definition) is 2. The second-order valence-electron chi connectivity index (χ2n) is 1.47. The molecule has 0 aromatic heterocycles. The zero-order valence-electron chi connectivity index (χ0n) is 7.13. The van der Waals surface area contributed by atoms with E-state index >= 15 is 0 Å². The predicted molar refractivity (Wildman–Crippen MR) is 36.3 cm³/mol. The van der Waals surface area contributed by atoms with Crippen LogP contribution in [0, 0.1) is 6.42 Å². The van der Waals surface area contributed by atoms with Gasteiger partial charge in [0, 0.05) is 19.5 Å². The van der Waals surface area contributed by atoms with E-state index in [9.17, 15) is 9.28 Å². The van der Waals surface area contributed by atoms with Gasteiger partial charge in [0.15, 0.2) is 0 Å². The van der Waals surface area contributed by atoms with Crippen LogP contribution in [-0.4, -0.2) is 13.2 Å². The fraction of sp³-hybridized carbons (Fsp3) is 0.800. The quantitative estimate of drug-likeness (QED) is 0.384. The van der Waals surface area contributed by atoms with Crippen LogP contribution in [0.4, 0.5) is 4.39 Å². The molecule has 0 rings (SSSR count). The largest absolute Gasteiger partial charge is 1.00 e. The van der Waals surface area contributed by atoms with Crippen molar-refractivity contribution in [3.05, 3.63) is 6.42 Å². The van der Waals surface area contributed by atoms with Gasteiger partial charge in [-0.2, -0.15) is 0 Å². The van der Waals surface area contributed by atoms with Crippen molar-refractivity contribution in [2.45, 2.75) is 13.8 Å². The van der Waals surface area contributed by atoms with Crippen LogP contribution >= 0.6 is 7.94 Å². The van der Waals surface area contributed by atoms with Crippen LogP contribution in [0.2, 0.25) is 0 Å². The fourth-order valence-corrected chi connectivity index (χ4v) is 1.36. The molecule has 0 fully saturated rings. The monoisotopic (exact) mass is 312 g/mol. The Balaban J connectivity index is -0.000000405. The molecule has 12 heavy (non-hydrogen) atoms. The molecular formula is C5H11BrFO3PZn-. The Bertz CT molecular complexity index is 94.8. The first-order chi connectivity index (χ1) is 4.68. The topological polar surface area (TPSA) is 38.4 Å². The Kier molecular flexibility index (Phi) is 16.5. The molecule has 0 amide bonds. The summed E-state index contributed by atoms with van der Waals surface area (Å²) in [6.45, 7) is 3.60. The van der Waals surface area contributed by atoms with E-state index in [1.165, 1.54) is 0 Å². The second kappa shape index (κ2) is 10.4. The summed E-state index contributed by atoms with van der Waals surface area (Å²) in [4.78, 5) is 10.9. The molecule has 0 heterocycles. The van der Waals surface area contributed by atoms with Crippen LogP contribution in [0.25, 0.3) is 0 Å². The van der Waals surface area contributed by atoms with Crippen molar-refractivity contribution in [1.29, 1.82) is 0 Å². The molecule has 0 aliphatic carbocycles. The van der Waals surface area contributed by atoms with Crippen LogP contribution in [0.5, 0.6) is 0 Å². The van der Waals surface area contributed by atoms with Gasteiger partial charge in [-0.25, -0.2) is 9.05 Å². The molecule has 0 bridgehead atoms. The van der Waals surface area contributed by atoms with Gasteiger partial charge in [0.2, 0.25) is 0 Å². The third-order valence-corrected chi connectivity index (χ3v) is 2.21. The summed E-state index contributed by atoms with van der Waals surface area (Å²) in [5.41, 5.74) is 0. The maximum absolute atomic E-state index is 11.8. The first-order valence-electron chi connectivity index (χ1n) is 3.02. The summed E-state index contributed by atoms with van der Waals surface area (Å²) < 4.78 is 20.8. The van der Waals surface area contributed by atoms with Crippen molar-refractivity contribution in [2.24, 2.45) is 0 Å². The number of hydrogen-bond donors (Lipinski definition) is 0. The Labute approximate surface area is 96.1 Å².